The van der Waals surface area contributed by atoms with Crippen LogP contribution >= 0.6 is 31.9 Å². The number of likely N-dealkylation sites (tertiary alicyclic amines) is 1. The summed E-state index contributed by atoms with van der Waals surface area (Å²) < 4.78 is 5.21. The Morgan fingerprint density at radius 3 is 2.06 bits per heavy atom. The number of hydrogen-bond acceptors (Lipinski definition) is 5. The number of alkyl halides is 2. The Bertz CT molecular complexity index is 945. The first-order chi connectivity index (χ1) is 15.7. The van der Waals surface area contributed by atoms with Crippen LogP contribution in [0.3, 0.4) is 0 Å². The Labute approximate surface area is 210 Å². The third-order valence-corrected chi connectivity index (χ3v) is 10.6. The quantitative estimate of drug-likeness (QED) is 0.301. The molecule has 1 aromatic carbocycles. The maximum atomic E-state index is 13.1. The average molecular weight is 584 g/mol. The maximum Gasteiger partial charge on any atom is 0.329 e. The lowest BCUT2D eigenvalue weighted by atomic mass is 9.81. The minimum Gasteiger partial charge on any atom is -0.454 e. The van der Waals surface area contributed by atoms with Gasteiger partial charge in [-0.25, -0.2) is 4.79 Å². The standard InChI is InChI=1S/C24H28Br2N2O5/c1-4-12-7-6-8-13(5-2)21(12)27-16(29)10-33-24(32)11(3)28-22(30)17-14-9-15(18(17)23(28)31)20(26)19(14)25/h6-8,11,14-15,17-20H,4-5,9-10H2,1-3H3,(H,27,29)/t11-,14+,15+,17-,18+,19-,20+/m0/s1. The highest BCUT2D eigenvalue weighted by atomic mass is 79.9. The fraction of sp³-hybridized carbons (Fsp3) is 0.583. The highest BCUT2D eigenvalue weighted by Crippen LogP contribution is 2.60. The van der Waals surface area contributed by atoms with Crippen molar-refractivity contribution in [3.63, 3.8) is 0 Å². The molecule has 3 aliphatic rings. The Morgan fingerprint density at radius 2 is 1.58 bits per heavy atom. The van der Waals surface area contributed by atoms with Gasteiger partial charge in [-0.15, -0.1) is 0 Å². The van der Waals surface area contributed by atoms with E-state index in [0.29, 0.717) is 0 Å². The van der Waals surface area contributed by atoms with E-state index in [1.165, 1.54) is 6.92 Å². The summed E-state index contributed by atoms with van der Waals surface area (Å²) in [5.41, 5.74) is 2.76. The van der Waals surface area contributed by atoms with Crippen molar-refractivity contribution in [3.05, 3.63) is 29.3 Å². The minimum absolute atomic E-state index is 0.0752. The molecule has 0 aromatic heterocycles. The van der Waals surface area contributed by atoms with Crippen LogP contribution in [0.1, 0.15) is 38.3 Å². The summed E-state index contributed by atoms with van der Waals surface area (Å²) in [6.45, 7) is 5.02. The van der Waals surface area contributed by atoms with Gasteiger partial charge in [0.05, 0.1) is 11.8 Å². The lowest BCUT2D eigenvalue weighted by Crippen LogP contribution is -2.45. The van der Waals surface area contributed by atoms with Gasteiger partial charge in [0.25, 0.3) is 5.91 Å². The van der Waals surface area contributed by atoms with Crippen LogP contribution in [0.25, 0.3) is 0 Å². The highest BCUT2D eigenvalue weighted by Gasteiger charge is 2.67. The number of halogens is 2. The smallest absolute Gasteiger partial charge is 0.329 e. The first-order valence-corrected chi connectivity index (χ1v) is 13.3. The van der Waals surface area contributed by atoms with Crippen LogP contribution in [0.4, 0.5) is 5.69 Å². The summed E-state index contributed by atoms with van der Waals surface area (Å²) in [4.78, 5) is 52.7. The van der Waals surface area contributed by atoms with Crippen molar-refractivity contribution < 1.29 is 23.9 Å². The molecule has 9 heteroatoms. The van der Waals surface area contributed by atoms with Gasteiger partial charge in [-0.2, -0.15) is 0 Å². The van der Waals surface area contributed by atoms with E-state index in [-0.39, 0.29) is 33.3 Å². The van der Waals surface area contributed by atoms with E-state index in [9.17, 15) is 19.2 Å². The van der Waals surface area contributed by atoms with Crippen molar-refractivity contribution in [1.29, 1.82) is 0 Å². The van der Waals surface area contributed by atoms with Crippen LogP contribution in [0.15, 0.2) is 18.2 Å². The molecule has 3 amide bonds. The molecule has 1 N–H and O–H groups in total. The first kappa shape index (κ1) is 24.4. The summed E-state index contributed by atoms with van der Waals surface area (Å²) in [5.74, 6) is -2.46. The topological polar surface area (TPSA) is 92.8 Å². The summed E-state index contributed by atoms with van der Waals surface area (Å²) >= 11 is 7.31. The zero-order valence-corrected chi connectivity index (χ0v) is 22.0. The van der Waals surface area contributed by atoms with Crippen molar-refractivity contribution in [2.45, 2.75) is 55.7 Å². The van der Waals surface area contributed by atoms with Gasteiger partial charge in [-0.1, -0.05) is 63.9 Å². The highest BCUT2D eigenvalue weighted by molar-refractivity contribution is 9.12. The van der Waals surface area contributed by atoms with Crippen LogP contribution in [-0.4, -0.2) is 50.9 Å². The third-order valence-electron chi connectivity index (χ3n) is 7.36. The largest absolute Gasteiger partial charge is 0.454 e. The molecule has 2 saturated carbocycles. The SMILES string of the molecule is CCc1cccc(CC)c1NC(=O)COC(=O)[C@H](C)N1C(=O)[C@@H]2[C@H]3C[C@@H]([C@H](Br)[C@@H]3Br)[C@@H]2C1=O. The molecule has 2 aliphatic carbocycles. The molecule has 178 valence electrons. The van der Waals surface area contributed by atoms with Crippen molar-refractivity contribution in [1.82, 2.24) is 4.90 Å². The predicted octanol–water partition coefficient (Wildman–Crippen LogP) is 3.46. The molecule has 0 radical (unpaired) electrons. The third kappa shape index (κ3) is 4.05. The van der Waals surface area contributed by atoms with Crippen LogP contribution < -0.4 is 5.32 Å². The molecule has 4 rings (SSSR count). The lowest BCUT2D eigenvalue weighted by molar-refractivity contribution is -0.159. The predicted molar refractivity (Wildman–Crippen MR) is 130 cm³/mol. The van der Waals surface area contributed by atoms with Crippen LogP contribution in [0.2, 0.25) is 0 Å². The number of rotatable bonds is 7. The molecule has 1 saturated heterocycles. The molecule has 7 atom stereocenters. The zero-order chi connectivity index (χ0) is 24.0. The summed E-state index contributed by atoms with van der Waals surface area (Å²) in [7, 11) is 0. The molecule has 0 unspecified atom stereocenters. The second-order valence-corrected chi connectivity index (χ2v) is 11.2. The number of ether oxygens (including phenoxy) is 1. The molecule has 1 heterocycles. The number of fused-ring (bicyclic) bond motifs is 5. The molecule has 7 nitrogen and oxygen atoms in total. The van der Waals surface area contributed by atoms with E-state index in [1.807, 2.05) is 32.0 Å². The fourth-order valence-electron chi connectivity index (χ4n) is 5.69. The number of nitrogens with one attached hydrogen (secondary N) is 1. The van der Waals surface area contributed by atoms with Crippen LogP contribution in [-0.2, 0) is 36.8 Å². The Morgan fingerprint density at radius 1 is 1.06 bits per heavy atom. The van der Waals surface area contributed by atoms with Gasteiger partial charge in [0, 0.05) is 15.3 Å². The van der Waals surface area contributed by atoms with E-state index < -0.39 is 36.4 Å². The normalized spacial score (nSPS) is 31.0. The number of nitrogens with zero attached hydrogens (tertiary/aromatic N) is 1. The van der Waals surface area contributed by atoms with Gasteiger partial charge in [0.15, 0.2) is 6.61 Å². The van der Waals surface area contributed by atoms with Gasteiger partial charge in [-0.3, -0.25) is 19.3 Å². The van der Waals surface area contributed by atoms with E-state index in [0.717, 1.165) is 41.0 Å². The van der Waals surface area contributed by atoms with Gasteiger partial charge in [0.1, 0.15) is 6.04 Å². The lowest BCUT2D eigenvalue weighted by Gasteiger charge is -2.28. The number of hydrogen-bond donors (Lipinski definition) is 1. The molecule has 1 aliphatic heterocycles. The number of imide groups is 1. The second-order valence-electron chi connectivity index (χ2n) is 9.04. The maximum absolute atomic E-state index is 13.1. The van der Waals surface area contributed by atoms with E-state index in [2.05, 4.69) is 37.2 Å². The van der Waals surface area contributed by atoms with Crippen LogP contribution in [0, 0.1) is 23.7 Å². The van der Waals surface area contributed by atoms with Gasteiger partial charge in [0.2, 0.25) is 11.8 Å². The molecule has 2 bridgehead atoms. The first-order valence-electron chi connectivity index (χ1n) is 11.4. The number of anilines is 1. The Hall–Kier alpha value is -1.74. The fourth-order valence-corrected chi connectivity index (χ4v) is 7.57. The molecule has 33 heavy (non-hydrogen) atoms. The van der Waals surface area contributed by atoms with Crippen molar-refractivity contribution in [3.8, 4) is 0 Å². The molecular weight excluding hydrogens is 556 g/mol. The number of benzene rings is 1. The van der Waals surface area contributed by atoms with Gasteiger partial charge >= 0.3 is 5.97 Å². The monoisotopic (exact) mass is 582 g/mol. The van der Waals surface area contributed by atoms with E-state index in [1.54, 1.807) is 0 Å². The summed E-state index contributed by atoms with van der Waals surface area (Å²) in [5, 5.41) is 2.85. The molecule has 1 aromatic rings. The number of aryl methyl sites for hydroxylation is 2. The number of carbonyl (C=O) groups is 4. The number of para-hydroxylation sites is 1. The van der Waals surface area contributed by atoms with Gasteiger partial charge < -0.3 is 10.1 Å². The van der Waals surface area contributed by atoms with Crippen molar-refractivity contribution in [2.24, 2.45) is 23.7 Å². The van der Waals surface area contributed by atoms with Crippen molar-refractivity contribution in [2.75, 3.05) is 11.9 Å². The number of esters is 1. The summed E-state index contributed by atoms with van der Waals surface area (Å²) in [6, 6.07) is 4.79. The number of carbonyl (C=O) groups excluding carboxylic acids is 4. The zero-order valence-electron chi connectivity index (χ0n) is 18.8. The molecule has 3 fully saturated rings. The van der Waals surface area contributed by atoms with Gasteiger partial charge in [-0.05, 0) is 49.1 Å². The van der Waals surface area contributed by atoms with E-state index in [4.69, 9.17) is 4.74 Å². The van der Waals surface area contributed by atoms with E-state index >= 15 is 0 Å². The molecule has 0 spiro atoms. The Balaban J connectivity index is 1.39. The summed E-state index contributed by atoms with van der Waals surface area (Å²) in [6.07, 6.45) is 2.34. The average Bonchev–Trinajstić information content (AvgIpc) is 3.41. The second kappa shape index (κ2) is 9.49. The minimum atomic E-state index is -1.07. The Kier molecular flexibility index (Phi) is 7.01. The van der Waals surface area contributed by atoms with Crippen molar-refractivity contribution >= 4 is 61.2 Å². The van der Waals surface area contributed by atoms with Crippen LogP contribution in [0.5, 0.6) is 0 Å². The molecular formula is C24H28Br2N2O5. The number of amides is 3.